The maximum Gasteiger partial charge on any atom is 0.132 e. The van der Waals surface area contributed by atoms with Crippen molar-refractivity contribution in [2.75, 3.05) is 31.1 Å². The van der Waals surface area contributed by atoms with Crippen molar-refractivity contribution >= 4 is 17.2 Å². The summed E-state index contributed by atoms with van der Waals surface area (Å²) in [5.74, 6) is 3.36. The van der Waals surface area contributed by atoms with Crippen LogP contribution < -0.4 is 4.90 Å². The van der Waals surface area contributed by atoms with Crippen molar-refractivity contribution in [3.8, 4) is 0 Å². The van der Waals surface area contributed by atoms with Gasteiger partial charge in [-0.05, 0) is 31.6 Å². The summed E-state index contributed by atoms with van der Waals surface area (Å²) in [6.07, 6.45) is 5.72. The van der Waals surface area contributed by atoms with Crippen LogP contribution in [-0.2, 0) is 6.54 Å². The summed E-state index contributed by atoms with van der Waals surface area (Å²) in [5.41, 5.74) is 2.49. The van der Waals surface area contributed by atoms with Gasteiger partial charge in [-0.2, -0.15) is 0 Å². The lowest BCUT2D eigenvalue weighted by molar-refractivity contribution is 0.305. The minimum absolute atomic E-state index is 0.681. The molecule has 2 aromatic rings. The standard InChI is InChI=1S/C19H25N5S/c1-13-22-17(11-25-13)10-23-6-15-8-24(9-16(15)7-23)19-5-18(20-12-21-19)14-3-2-4-14/h5,11-12,14-16H,2-4,6-10H2,1H3. The third-order valence-electron chi connectivity index (χ3n) is 6.14. The molecule has 4 heterocycles. The van der Waals surface area contributed by atoms with Gasteiger partial charge in [0.25, 0.3) is 0 Å². The lowest BCUT2D eigenvalue weighted by Crippen LogP contribution is -2.29. The van der Waals surface area contributed by atoms with Crippen molar-refractivity contribution < 1.29 is 0 Å². The second kappa shape index (κ2) is 6.32. The zero-order valence-electron chi connectivity index (χ0n) is 14.8. The van der Waals surface area contributed by atoms with Crippen LogP contribution in [0.15, 0.2) is 17.8 Å². The van der Waals surface area contributed by atoms with Gasteiger partial charge in [0.2, 0.25) is 0 Å². The zero-order valence-corrected chi connectivity index (χ0v) is 15.6. The van der Waals surface area contributed by atoms with Gasteiger partial charge >= 0.3 is 0 Å². The monoisotopic (exact) mass is 355 g/mol. The Morgan fingerprint density at radius 3 is 2.56 bits per heavy atom. The van der Waals surface area contributed by atoms with Crippen molar-refractivity contribution in [3.05, 3.63) is 34.2 Å². The largest absolute Gasteiger partial charge is 0.356 e. The van der Waals surface area contributed by atoms with Gasteiger partial charge in [0, 0.05) is 55.8 Å². The molecule has 2 unspecified atom stereocenters. The zero-order chi connectivity index (χ0) is 16.8. The average molecular weight is 356 g/mol. The predicted octanol–water partition coefficient (Wildman–Crippen LogP) is 3.08. The van der Waals surface area contributed by atoms with Crippen LogP contribution >= 0.6 is 11.3 Å². The highest BCUT2D eigenvalue weighted by atomic mass is 32.1. The Balaban J connectivity index is 1.22. The molecule has 3 fully saturated rings. The molecule has 6 heteroatoms. The molecule has 0 spiro atoms. The molecule has 132 valence electrons. The van der Waals surface area contributed by atoms with Crippen LogP contribution in [0.5, 0.6) is 0 Å². The first kappa shape index (κ1) is 15.7. The van der Waals surface area contributed by atoms with Gasteiger partial charge < -0.3 is 4.90 Å². The van der Waals surface area contributed by atoms with E-state index in [9.17, 15) is 0 Å². The number of rotatable bonds is 4. The highest BCUT2D eigenvalue weighted by Crippen LogP contribution is 2.38. The van der Waals surface area contributed by atoms with Gasteiger partial charge in [0.15, 0.2) is 0 Å². The first-order valence-corrected chi connectivity index (χ1v) is 10.3. The van der Waals surface area contributed by atoms with Crippen LogP contribution in [0.1, 0.15) is 41.6 Å². The van der Waals surface area contributed by atoms with E-state index in [0.29, 0.717) is 5.92 Å². The minimum atomic E-state index is 0.681. The molecule has 3 aliphatic rings. The molecule has 2 atom stereocenters. The molecule has 0 radical (unpaired) electrons. The Bertz CT molecular complexity index is 742. The molecule has 5 nitrogen and oxygen atoms in total. The molecule has 0 N–H and O–H groups in total. The van der Waals surface area contributed by atoms with E-state index in [-0.39, 0.29) is 0 Å². The fourth-order valence-electron chi connectivity index (χ4n) is 4.58. The third kappa shape index (κ3) is 3.06. The first-order chi connectivity index (χ1) is 12.2. The Morgan fingerprint density at radius 2 is 1.92 bits per heavy atom. The summed E-state index contributed by atoms with van der Waals surface area (Å²) in [6, 6.07) is 2.25. The molecule has 25 heavy (non-hydrogen) atoms. The van der Waals surface area contributed by atoms with Crippen LogP contribution in [0.25, 0.3) is 0 Å². The number of nitrogens with zero attached hydrogens (tertiary/aromatic N) is 5. The fraction of sp³-hybridized carbons (Fsp3) is 0.632. The van der Waals surface area contributed by atoms with E-state index in [1.54, 1.807) is 17.7 Å². The molecule has 0 bridgehead atoms. The van der Waals surface area contributed by atoms with Gasteiger partial charge in [0.05, 0.1) is 10.7 Å². The molecule has 2 aliphatic heterocycles. The summed E-state index contributed by atoms with van der Waals surface area (Å²) in [6.45, 7) is 7.76. The van der Waals surface area contributed by atoms with E-state index in [4.69, 9.17) is 0 Å². The van der Waals surface area contributed by atoms with E-state index < -0.39 is 0 Å². The van der Waals surface area contributed by atoms with Crippen molar-refractivity contribution in [3.63, 3.8) is 0 Å². The van der Waals surface area contributed by atoms with Crippen molar-refractivity contribution in [1.29, 1.82) is 0 Å². The van der Waals surface area contributed by atoms with Gasteiger partial charge in [-0.15, -0.1) is 11.3 Å². The molecule has 1 saturated carbocycles. The molecule has 2 saturated heterocycles. The summed E-state index contributed by atoms with van der Waals surface area (Å²) < 4.78 is 0. The van der Waals surface area contributed by atoms with Crippen LogP contribution in [0.2, 0.25) is 0 Å². The van der Waals surface area contributed by atoms with E-state index in [1.807, 2.05) is 0 Å². The van der Waals surface area contributed by atoms with E-state index in [1.165, 1.54) is 48.7 Å². The van der Waals surface area contributed by atoms with E-state index in [2.05, 4.69) is 43.1 Å². The third-order valence-corrected chi connectivity index (χ3v) is 6.96. The lowest BCUT2D eigenvalue weighted by Gasteiger charge is -2.26. The normalized spacial score (nSPS) is 26.8. The number of aryl methyl sites for hydroxylation is 1. The van der Waals surface area contributed by atoms with Crippen LogP contribution in [0.3, 0.4) is 0 Å². The summed E-state index contributed by atoms with van der Waals surface area (Å²) in [5, 5.41) is 3.38. The van der Waals surface area contributed by atoms with E-state index in [0.717, 1.165) is 37.3 Å². The summed E-state index contributed by atoms with van der Waals surface area (Å²) >= 11 is 1.76. The van der Waals surface area contributed by atoms with Crippen molar-refractivity contribution in [1.82, 2.24) is 19.9 Å². The van der Waals surface area contributed by atoms with Crippen molar-refractivity contribution in [2.45, 2.75) is 38.6 Å². The SMILES string of the molecule is Cc1nc(CN2CC3CN(c4cc(C5CCC5)ncn4)CC3C2)cs1. The summed E-state index contributed by atoms with van der Waals surface area (Å²) in [7, 11) is 0. The van der Waals surface area contributed by atoms with Gasteiger partial charge in [0.1, 0.15) is 12.1 Å². The van der Waals surface area contributed by atoms with Crippen molar-refractivity contribution in [2.24, 2.45) is 11.8 Å². The number of thiazole rings is 1. The smallest absolute Gasteiger partial charge is 0.132 e. The molecular weight excluding hydrogens is 330 g/mol. The van der Waals surface area contributed by atoms with Gasteiger partial charge in [-0.25, -0.2) is 15.0 Å². The maximum absolute atomic E-state index is 4.62. The Morgan fingerprint density at radius 1 is 1.12 bits per heavy atom. The van der Waals surface area contributed by atoms with Gasteiger partial charge in [-0.1, -0.05) is 6.42 Å². The molecular formula is C19H25N5S. The second-order valence-electron chi connectivity index (χ2n) is 7.91. The highest BCUT2D eigenvalue weighted by Gasteiger charge is 2.40. The molecule has 0 aromatic carbocycles. The topological polar surface area (TPSA) is 45.2 Å². The molecule has 0 amide bonds. The molecule has 5 rings (SSSR count). The Labute approximate surface area is 153 Å². The predicted molar refractivity (Wildman–Crippen MR) is 99.9 cm³/mol. The van der Waals surface area contributed by atoms with Gasteiger partial charge in [-0.3, -0.25) is 4.90 Å². The van der Waals surface area contributed by atoms with Crippen LogP contribution in [0.4, 0.5) is 5.82 Å². The fourth-order valence-corrected chi connectivity index (χ4v) is 5.18. The number of fused-ring (bicyclic) bond motifs is 1. The summed E-state index contributed by atoms with van der Waals surface area (Å²) in [4.78, 5) is 18.8. The second-order valence-corrected chi connectivity index (χ2v) is 8.97. The molecule has 1 aliphatic carbocycles. The van der Waals surface area contributed by atoms with E-state index >= 15 is 0 Å². The first-order valence-electron chi connectivity index (χ1n) is 9.45. The number of aromatic nitrogens is 3. The molecule has 2 aromatic heterocycles. The quantitative estimate of drug-likeness (QED) is 0.843. The Kier molecular flexibility index (Phi) is 3.97. The maximum atomic E-state index is 4.62. The number of hydrogen-bond donors (Lipinski definition) is 0. The Hall–Kier alpha value is -1.53. The average Bonchev–Trinajstić information content (AvgIpc) is 3.21. The highest BCUT2D eigenvalue weighted by molar-refractivity contribution is 7.09. The lowest BCUT2D eigenvalue weighted by atomic mass is 9.83. The van der Waals surface area contributed by atoms with Crippen LogP contribution in [-0.4, -0.2) is 46.0 Å². The number of likely N-dealkylation sites (tertiary alicyclic amines) is 1. The number of anilines is 1. The van der Waals surface area contributed by atoms with Crippen LogP contribution in [0, 0.1) is 18.8 Å². The number of hydrogen-bond acceptors (Lipinski definition) is 6. The minimum Gasteiger partial charge on any atom is -0.356 e.